The van der Waals surface area contributed by atoms with Crippen molar-refractivity contribution >= 4 is 15.7 Å². The van der Waals surface area contributed by atoms with Gasteiger partial charge in [-0.25, -0.2) is 8.42 Å². The lowest BCUT2D eigenvalue weighted by atomic mass is 10.2. The standard InChI is InChI=1S/C13H12N2O5S/c16-15(17)12-8-6-11(7-9-12)10-20-14-21(18,19)13-4-2-1-3-5-13/h1-9,14H,10H2. The number of hydrogen-bond acceptors (Lipinski definition) is 5. The Morgan fingerprint density at radius 1 is 1.05 bits per heavy atom. The van der Waals surface area contributed by atoms with Gasteiger partial charge in [0.1, 0.15) is 0 Å². The number of nitrogens with zero attached hydrogens (tertiary/aromatic N) is 1. The van der Waals surface area contributed by atoms with E-state index in [0.29, 0.717) is 5.56 Å². The van der Waals surface area contributed by atoms with Gasteiger partial charge in [-0.2, -0.15) is 0 Å². The van der Waals surface area contributed by atoms with E-state index in [1.54, 1.807) is 18.2 Å². The molecule has 0 unspecified atom stereocenters. The summed E-state index contributed by atoms with van der Waals surface area (Å²) in [5.74, 6) is 0. The van der Waals surface area contributed by atoms with Crippen LogP contribution in [0, 0.1) is 10.1 Å². The average molecular weight is 308 g/mol. The molecule has 0 aliphatic carbocycles. The lowest BCUT2D eigenvalue weighted by Gasteiger charge is -2.07. The molecule has 0 radical (unpaired) electrons. The molecule has 0 aliphatic heterocycles. The fraction of sp³-hybridized carbons (Fsp3) is 0.0769. The summed E-state index contributed by atoms with van der Waals surface area (Å²) >= 11 is 0. The van der Waals surface area contributed by atoms with Crippen LogP contribution < -0.4 is 4.89 Å². The first-order valence-corrected chi connectivity index (χ1v) is 7.39. The highest BCUT2D eigenvalue weighted by molar-refractivity contribution is 7.89. The van der Waals surface area contributed by atoms with Crippen molar-refractivity contribution in [3.8, 4) is 0 Å². The summed E-state index contributed by atoms with van der Waals surface area (Å²) in [5.41, 5.74) is 0.569. The molecule has 1 N–H and O–H groups in total. The van der Waals surface area contributed by atoms with Gasteiger partial charge in [-0.15, -0.1) is 0 Å². The van der Waals surface area contributed by atoms with Crippen molar-refractivity contribution < 1.29 is 18.2 Å². The van der Waals surface area contributed by atoms with Crippen molar-refractivity contribution in [2.45, 2.75) is 11.5 Å². The summed E-state index contributed by atoms with van der Waals surface area (Å²) in [4.78, 5) is 17.0. The highest BCUT2D eigenvalue weighted by atomic mass is 32.2. The molecule has 0 heterocycles. The van der Waals surface area contributed by atoms with Crippen molar-refractivity contribution in [2.75, 3.05) is 0 Å². The molecule has 8 heteroatoms. The molecule has 110 valence electrons. The van der Waals surface area contributed by atoms with Crippen molar-refractivity contribution in [3.05, 3.63) is 70.3 Å². The van der Waals surface area contributed by atoms with E-state index in [-0.39, 0.29) is 17.2 Å². The Balaban J connectivity index is 1.94. The summed E-state index contributed by atoms with van der Waals surface area (Å²) in [6, 6.07) is 13.4. The maximum Gasteiger partial charge on any atom is 0.269 e. The van der Waals surface area contributed by atoms with Gasteiger partial charge in [0.05, 0.1) is 16.4 Å². The Kier molecular flexibility index (Phi) is 4.63. The minimum Gasteiger partial charge on any atom is -0.282 e. The van der Waals surface area contributed by atoms with Crippen LogP contribution in [-0.2, 0) is 21.5 Å². The lowest BCUT2D eigenvalue weighted by Crippen LogP contribution is -2.23. The topological polar surface area (TPSA) is 98.5 Å². The van der Waals surface area contributed by atoms with E-state index < -0.39 is 14.9 Å². The van der Waals surface area contributed by atoms with Gasteiger partial charge < -0.3 is 0 Å². The van der Waals surface area contributed by atoms with Crippen molar-refractivity contribution in [3.63, 3.8) is 0 Å². The van der Waals surface area contributed by atoms with Crippen LogP contribution in [-0.4, -0.2) is 13.3 Å². The Morgan fingerprint density at radius 3 is 2.24 bits per heavy atom. The van der Waals surface area contributed by atoms with Crippen molar-refractivity contribution in [2.24, 2.45) is 0 Å². The van der Waals surface area contributed by atoms with E-state index >= 15 is 0 Å². The van der Waals surface area contributed by atoms with Gasteiger partial charge in [0.15, 0.2) is 0 Å². The molecule has 21 heavy (non-hydrogen) atoms. The van der Waals surface area contributed by atoms with Crippen LogP contribution in [0.1, 0.15) is 5.56 Å². The zero-order valence-electron chi connectivity index (χ0n) is 10.8. The third-order valence-electron chi connectivity index (χ3n) is 2.61. The molecule has 2 aromatic rings. The van der Waals surface area contributed by atoms with E-state index in [0.717, 1.165) is 0 Å². The van der Waals surface area contributed by atoms with Crippen LogP contribution in [0.3, 0.4) is 0 Å². The Morgan fingerprint density at radius 2 is 1.67 bits per heavy atom. The summed E-state index contributed by atoms with van der Waals surface area (Å²) in [6.07, 6.45) is 0. The van der Waals surface area contributed by atoms with Crippen LogP contribution in [0.4, 0.5) is 5.69 Å². The van der Waals surface area contributed by atoms with Gasteiger partial charge in [-0.05, 0) is 29.8 Å². The number of rotatable bonds is 6. The van der Waals surface area contributed by atoms with Gasteiger partial charge in [-0.3, -0.25) is 15.0 Å². The van der Waals surface area contributed by atoms with Crippen LogP contribution in [0.5, 0.6) is 0 Å². The molecule has 0 atom stereocenters. The molecule has 0 saturated carbocycles. The first-order valence-electron chi connectivity index (χ1n) is 5.91. The van der Waals surface area contributed by atoms with E-state index in [9.17, 15) is 18.5 Å². The monoisotopic (exact) mass is 308 g/mol. The molecular weight excluding hydrogens is 296 g/mol. The number of non-ortho nitro benzene ring substituents is 1. The first-order chi connectivity index (χ1) is 9.99. The Hall–Kier alpha value is -2.29. The SMILES string of the molecule is O=[N+]([O-])c1ccc(CONS(=O)(=O)c2ccccc2)cc1. The molecule has 0 aromatic heterocycles. The van der Waals surface area contributed by atoms with Crippen LogP contribution in [0.25, 0.3) is 0 Å². The number of benzene rings is 2. The third kappa shape index (κ3) is 4.09. The molecule has 0 aliphatic rings. The largest absolute Gasteiger partial charge is 0.282 e. The highest BCUT2D eigenvalue weighted by Gasteiger charge is 2.13. The predicted octanol–water partition coefficient (Wildman–Crippen LogP) is 2.00. The van der Waals surface area contributed by atoms with Crippen molar-refractivity contribution in [1.29, 1.82) is 0 Å². The van der Waals surface area contributed by atoms with Gasteiger partial charge in [0.25, 0.3) is 15.7 Å². The van der Waals surface area contributed by atoms with Crippen LogP contribution in [0.2, 0.25) is 0 Å². The van der Waals surface area contributed by atoms with E-state index in [4.69, 9.17) is 4.84 Å². The number of nitrogens with one attached hydrogen (secondary N) is 1. The number of nitro benzene ring substituents is 1. The van der Waals surface area contributed by atoms with Gasteiger partial charge >= 0.3 is 0 Å². The molecule has 0 spiro atoms. The molecule has 0 fully saturated rings. The minimum absolute atomic E-state index is 0.0376. The maximum atomic E-state index is 11.8. The number of nitro groups is 1. The number of hydrogen-bond donors (Lipinski definition) is 1. The predicted molar refractivity (Wildman–Crippen MR) is 74.6 cm³/mol. The van der Waals surface area contributed by atoms with E-state index in [1.165, 1.54) is 36.4 Å². The van der Waals surface area contributed by atoms with Crippen LogP contribution >= 0.6 is 0 Å². The van der Waals surface area contributed by atoms with Gasteiger partial charge in [0.2, 0.25) is 0 Å². The normalized spacial score (nSPS) is 11.2. The second kappa shape index (κ2) is 6.44. The fourth-order valence-electron chi connectivity index (χ4n) is 1.55. The van der Waals surface area contributed by atoms with E-state index in [2.05, 4.69) is 0 Å². The molecule has 2 aromatic carbocycles. The summed E-state index contributed by atoms with van der Waals surface area (Å²) in [5, 5.41) is 10.5. The first kappa shape index (κ1) is 15.1. The zero-order chi connectivity index (χ0) is 15.3. The van der Waals surface area contributed by atoms with Crippen molar-refractivity contribution in [1.82, 2.24) is 4.89 Å². The molecular formula is C13H12N2O5S. The lowest BCUT2D eigenvalue weighted by molar-refractivity contribution is -0.384. The second-order valence-corrected chi connectivity index (χ2v) is 5.76. The molecule has 0 saturated heterocycles. The summed E-state index contributed by atoms with van der Waals surface area (Å²) < 4.78 is 23.7. The van der Waals surface area contributed by atoms with E-state index in [1.807, 2.05) is 4.89 Å². The second-order valence-electron chi connectivity index (χ2n) is 4.11. The molecule has 0 bridgehead atoms. The van der Waals surface area contributed by atoms with Gasteiger partial charge in [0, 0.05) is 12.1 Å². The smallest absolute Gasteiger partial charge is 0.269 e. The maximum absolute atomic E-state index is 11.8. The highest BCUT2D eigenvalue weighted by Crippen LogP contribution is 2.13. The average Bonchev–Trinajstić information content (AvgIpc) is 2.48. The fourth-order valence-corrected chi connectivity index (χ4v) is 2.38. The van der Waals surface area contributed by atoms with Crippen LogP contribution in [0.15, 0.2) is 59.5 Å². The quantitative estimate of drug-likeness (QED) is 0.650. The number of sulfonamides is 1. The van der Waals surface area contributed by atoms with Gasteiger partial charge in [-0.1, -0.05) is 23.1 Å². The third-order valence-corrected chi connectivity index (χ3v) is 3.84. The Labute approximate surface area is 121 Å². The Bertz CT molecular complexity index is 714. The summed E-state index contributed by atoms with van der Waals surface area (Å²) in [7, 11) is -3.73. The molecule has 0 amide bonds. The zero-order valence-corrected chi connectivity index (χ0v) is 11.6. The molecule has 2 rings (SSSR count). The molecule has 7 nitrogen and oxygen atoms in total. The summed E-state index contributed by atoms with van der Waals surface area (Å²) in [6.45, 7) is -0.0376. The minimum atomic E-state index is -3.73.